The Hall–Kier alpha value is -2.09. The van der Waals surface area contributed by atoms with Crippen molar-refractivity contribution in [2.45, 2.75) is 18.9 Å². The summed E-state index contributed by atoms with van der Waals surface area (Å²) in [6.07, 6.45) is 3.32. The second kappa shape index (κ2) is 7.07. The number of hydrogen-bond acceptors (Lipinski definition) is 4. The Kier molecular flexibility index (Phi) is 5.15. The number of urea groups is 1. The lowest BCUT2D eigenvalue weighted by Crippen LogP contribution is -2.48. The first-order chi connectivity index (χ1) is 10.1. The molecular formula is C13H22N6O2. The molecule has 2 heterocycles. The summed E-state index contributed by atoms with van der Waals surface area (Å²) >= 11 is 0. The number of amides is 3. The van der Waals surface area contributed by atoms with Gasteiger partial charge in [-0.15, -0.1) is 0 Å². The zero-order chi connectivity index (χ0) is 15.2. The molecule has 8 heteroatoms. The number of nitrogens with one attached hydrogen (secondary N) is 3. The van der Waals surface area contributed by atoms with Gasteiger partial charge in [0.15, 0.2) is 0 Å². The number of piperidine rings is 1. The third kappa shape index (κ3) is 4.45. The minimum Gasteiger partial charge on any atom is -0.358 e. The highest BCUT2D eigenvalue weighted by molar-refractivity contribution is 5.88. The minimum absolute atomic E-state index is 0.0235. The van der Waals surface area contributed by atoms with Gasteiger partial charge in [-0.1, -0.05) is 0 Å². The number of carbonyl (C=O) groups excluding carboxylic acids is 2. The molecule has 3 N–H and O–H groups in total. The summed E-state index contributed by atoms with van der Waals surface area (Å²) in [6, 6.07) is 1.66. The zero-order valence-electron chi connectivity index (χ0n) is 12.4. The van der Waals surface area contributed by atoms with Crippen LogP contribution in [0.1, 0.15) is 12.8 Å². The SMILES string of the molecule is CNC(=O)CN1CCC(NC(=O)Nc2ccnn2C)CC1. The predicted octanol–water partition coefficient (Wildman–Crippen LogP) is -0.248. The van der Waals surface area contributed by atoms with Gasteiger partial charge in [0.25, 0.3) is 0 Å². The molecule has 1 aliphatic rings. The van der Waals surface area contributed by atoms with Gasteiger partial charge in [0, 0.05) is 39.3 Å². The Morgan fingerprint density at radius 3 is 2.67 bits per heavy atom. The highest BCUT2D eigenvalue weighted by Gasteiger charge is 2.21. The van der Waals surface area contributed by atoms with Crippen LogP contribution in [-0.2, 0) is 11.8 Å². The van der Waals surface area contributed by atoms with Crippen LogP contribution >= 0.6 is 0 Å². The summed E-state index contributed by atoms with van der Waals surface area (Å²) in [5.74, 6) is 0.680. The topological polar surface area (TPSA) is 91.3 Å². The molecule has 0 aliphatic carbocycles. The number of likely N-dealkylation sites (tertiary alicyclic amines) is 1. The van der Waals surface area contributed by atoms with Crippen molar-refractivity contribution in [3.63, 3.8) is 0 Å². The first-order valence-corrected chi connectivity index (χ1v) is 7.07. The van der Waals surface area contributed by atoms with Crippen LogP contribution in [0.15, 0.2) is 12.3 Å². The van der Waals surface area contributed by atoms with Gasteiger partial charge in [-0.25, -0.2) is 4.79 Å². The molecule has 21 heavy (non-hydrogen) atoms. The number of hydrogen-bond donors (Lipinski definition) is 3. The second-order valence-corrected chi connectivity index (χ2v) is 5.16. The number of anilines is 1. The van der Waals surface area contributed by atoms with Crippen LogP contribution in [0.4, 0.5) is 10.6 Å². The third-order valence-electron chi connectivity index (χ3n) is 3.63. The molecule has 1 aromatic rings. The fourth-order valence-corrected chi connectivity index (χ4v) is 2.35. The third-order valence-corrected chi connectivity index (χ3v) is 3.63. The van der Waals surface area contributed by atoms with Crippen molar-refractivity contribution in [2.24, 2.45) is 7.05 Å². The van der Waals surface area contributed by atoms with E-state index in [0.717, 1.165) is 25.9 Å². The number of likely N-dealkylation sites (N-methyl/N-ethyl adjacent to an activating group) is 1. The molecular weight excluding hydrogens is 272 g/mol. The van der Waals surface area contributed by atoms with Gasteiger partial charge in [-0.05, 0) is 12.8 Å². The lowest BCUT2D eigenvalue weighted by molar-refractivity contribution is -0.122. The summed E-state index contributed by atoms with van der Waals surface area (Å²) in [5.41, 5.74) is 0. The van der Waals surface area contributed by atoms with Crippen LogP contribution in [0, 0.1) is 0 Å². The summed E-state index contributed by atoms with van der Waals surface area (Å²) in [5, 5.41) is 12.3. The predicted molar refractivity (Wildman–Crippen MR) is 78.9 cm³/mol. The average molecular weight is 294 g/mol. The maximum atomic E-state index is 11.9. The molecule has 0 saturated carbocycles. The van der Waals surface area contributed by atoms with Crippen molar-refractivity contribution in [1.29, 1.82) is 0 Å². The highest BCUT2D eigenvalue weighted by atomic mass is 16.2. The van der Waals surface area contributed by atoms with E-state index >= 15 is 0 Å². The quantitative estimate of drug-likeness (QED) is 0.714. The average Bonchev–Trinajstić information content (AvgIpc) is 2.86. The first-order valence-electron chi connectivity index (χ1n) is 7.07. The summed E-state index contributed by atoms with van der Waals surface area (Å²) in [4.78, 5) is 25.3. The molecule has 0 unspecified atom stereocenters. The van der Waals surface area contributed by atoms with E-state index in [9.17, 15) is 9.59 Å². The minimum atomic E-state index is -0.219. The largest absolute Gasteiger partial charge is 0.358 e. The van der Waals surface area contributed by atoms with Gasteiger partial charge >= 0.3 is 6.03 Å². The first kappa shape index (κ1) is 15.3. The molecule has 0 atom stereocenters. The van der Waals surface area contributed by atoms with E-state index in [0.29, 0.717) is 12.4 Å². The molecule has 1 aliphatic heterocycles. The Bertz CT molecular complexity index is 493. The molecule has 0 bridgehead atoms. The van der Waals surface area contributed by atoms with Crippen molar-refractivity contribution in [3.8, 4) is 0 Å². The Morgan fingerprint density at radius 2 is 2.10 bits per heavy atom. The van der Waals surface area contributed by atoms with Crippen molar-refractivity contribution < 1.29 is 9.59 Å². The molecule has 1 fully saturated rings. The van der Waals surface area contributed by atoms with Gasteiger partial charge in [0.2, 0.25) is 5.91 Å². The van der Waals surface area contributed by atoms with Gasteiger partial charge < -0.3 is 10.6 Å². The number of rotatable bonds is 4. The molecule has 1 saturated heterocycles. The normalized spacial score (nSPS) is 16.5. The maximum Gasteiger partial charge on any atom is 0.320 e. The van der Waals surface area contributed by atoms with E-state index in [2.05, 4.69) is 25.9 Å². The molecule has 0 aromatic carbocycles. The van der Waals surface area contributed by atoms with E-state index in [1.54, 1.807) is 31.0 Å². The van der Waals surface area contributed by atoms with E-state index in [1.165, 1.54) is 0 Å². The molecule has 2 rings (SSSR count). The van der Waals surface area contributed by atoms with Crippen LogP contribution in [0.3, 0.4) is 0 Å². The van der Waals surface area contributed by atoms with E-state index in [4.69, 9.17) is 0 Å². The van der Waals surface area contributed by atoms with E-state index < -0.39 is 0 Å². The van der Waals surface area contributed by atoms with Gasteiger partial charge in [0.1, 0.15) is 5.82 Å². The lowest BCUT2D eigenvalue weighted by Gasteiger charge is -2.31. The van der Waals surface area contributed by atoms with Crippen molar-refractivity contribution in [3.05, 3.63) is 12.3 Å². The van der Waals surface area contributed by atoms with Crippen molar-refractivity contribution in [1.82, 2.24) is 25.3 Å². The second-order valence-electron chi connectivity index (χ2n) is 5.16. The number of aromatic nitrogens is 2. The summed E-state index contributed by atoms with van der Waals surface area (Å²) in [6.45, 7) is 2.04. The summed E-state index contributed by atoms with van der Waals surface area (Å²) in [7, 11) is 3.41. The Morgan fingerprint density at radius 1 is 1.38 bits per heavy atom. The number of aryl methyl sites for hydroxylation is 1. The monoisotopic (exact) mass is 294 g/mol. The van der Waals surface area contributed by atoms with Gasteiger partial charge in [-0.3, -0.25) is 19.7 Å². The van der Waals surface area contributed by atoms with Crippen LogP contribution in [0.25, 0.3) is 0 Å². The van der Waals surface area contributed by atoms with Crippen LogP contribution < -0.4 is 16.0 Å². The summed E-state index contributed by atoms with van der Waals surface area (Å²) < 4.78 is 1.60. The van der Waals surface area contributed by atoms with Crippen molar-refractivity contribution >= 4 is 17.8 Å². The molecule has 3 amide bonds. The molecule has 116 valence electrons. The molecule has 0 spiro atoms. The Labute approximate surface area is 123 Å². The fourth-order valence-electron chi connectivity index (χ4n) is 2.35. The lowest BCUT2D eigenvalue weighted by atomic mass is 10.1. The van der Waals surface area contributed by atoms with Crippen molar-refractivity contribution in [2.75, 3.05) is 32.0 Å². The number of nitrogens with zero attached hydrogens (tertiary/aromatic N) is 3. The molecule has 1 aromatic heterocycles. The van der Waals surface area contributed by atoms with E-state index in [-0.39, 0.29) is 18.0 Å². The van der Waals surface area contributed by atoms with Crippen LogP contribution in [-0.4, -0.2) is 59.3 Å². The maximum absolute atomic E-state index is 11.9. The standard InChI is InChI=1S/C13H22N6O2/c1-14-12(20)9-19-7-4-10(5-8-19)16-13(21)17-11-3-6-15-18(11)2/h3,6,10H,4-5,7-9H2,1-2H3,(H,14,20)(H2,16,17,21). The van der Waals surface area contributed by atoms with Gasteiger partial charge in [-0.2, -0.15) is 5.10 Å². The van der Waals surface area contributed by atoms with Gasteiger partial charge in [0.05, 0.1) is 12.7 Å². The molecule has 8 nitrogen and oxygen atoms in total. The van der Waals surface area contributed by atoms with E-state index in [1.807, 2.05) is 0 Å². The highest BCUT2D eigenvalue weighted by Crippen LogP contribution is 2.10. The zero-order valence-corrected chi connectivity index (χ0v) is 12.4. The fraction of sp³-hybridized carbons (Fsp3) is 0.615. The number of carbonyl (C=O) groups is 2. The smallest absolute Gasteiger partial charge is 0.320 e. The van der Waals surface area contributed by atoms with Crippen LogP contribution in [0.5, 0.6) is 0 Å². The Balaban J connectivity index is 1.72. The molecule has 0 radical (unpaired) electrons. The van der Waals surface area contributed by atoms with Crippen LogP contribution in [0.2, 0.25) is 0 Å².